The normalized spacial score (nSPS) is 12.5. The summed E-state index contributed by atoms with van der Waals surface area (Å²) in [4.78, 5) is 22.9. The van der Waals surface area contributed by atoms with Crippen molar-refractivity contribution in [3.63, 3.8) is 0 Å². The quantitative estimate of drug-likeness (QED) is 0.557. The van der Waals surface area contributed by atoms with Crippen LogP contribution in [0.5, 0.6) is 23.0 Å². The van der Waals surface area contributed by atoms with Gasteiger partial charge in [-0.05, 0) is 29.8 Å². The predicted molar refractivity (Wildman–Crippen MR) is 121 cm³/mol. The highest BCUT2D eigenvalue weighted by Gasteiger charge is 2.22. The van der Waals surface area contributed by atoms with Gasteiger partial charge in [-0.25, -0.2) is 0 Å². The first-order chi connectivity index (χ1) is 15.9. The van der Waals surface area contributed by atoms with Crippen molar-refractivity contribution in [1.82, 2.24) is 0 Å². The molecule has 0 aliphatic carbocycles. The number of hydrogen-bond acceptors (Lipinski definition) is 8. The summed E-state index contributed by atoms with van der Waals surface area (Å²) in [7, 11) is 6.09. The molecule has 2 N–H and O–H groups in total. The molecular weight excluding hydrogens is 430 g/mol. The van der Waals surface area contributed by atoms with Crippen LogP contribution in [-0.2, 0) is 9.59 Å². The van der Waals surface area contributed by atoms with Crippen molar-refractivity contribution in [2.75, 3.05) is 40.3 Å². The minimum atomic E-state index is -1.04. The van der Waals surface area contributed by atoms with Crippen LogP contribution in [0.25, 0.3) is 11.3 Å². The molecule has 0 bridgehead atoms. The maximum atomic E-state index is 12.2. The van der Waals surface area contributed by atoms with Crippen molar-refractivity contribution in [3.05, 3.63) is 41.5 Å². The fraction of sp³-hybridized carbons (Fsp3) is 0.304. The second-order valence-corrected chi connectivity index (χ2v) is 7.00. The third kappa shape index (κ3) is 5.22. The van der Waals surface area contributed by atoms with Gasteiger partial charge in [-0.3, -0.25) is 9.59 Å². The largest absolute Gasteiger partial charge is 0.495 e. The summed E-state index contributed by atoms with van der Waals surface area (Å²) < 4.78 is 21.6. The summed E-state index contributed by atoms with van der Waals surface area (Å²) >= 11 is 0. The van der Waals surface area contributed by atoms with Crippen molar-refractivity contribution in [1.29, 1.82) is 0 Å². The Labute approximate surface area is 190 Å². The second kappa shape index (κ2) is 10.5. The molecule has 1 aliphatic rings. The van der Waals surface area contributed by atoms with E-state index in [0.29, 0.717) is 40.9 Å². The molecular formula is C23H25N3O7. The first-order valence-corrected chi connectivity index (χ1v) is 10.0. The van der Waals surface area contributed by atoms with Crippen LogP contribution >= 0.6 is 0 Å². The number of carboxylic acids is 1. The second-order valence-electron chi connectivity index (χ2n) is 7.00. The van der Waals surface area contributed by atoms with Gasteiger partial charge >= 0.3 is 5.97 Å². The maximum absolute atomic E-state index is 12.2. The topological polar surface area (TPSA) is 128 Å². The fourth-order valence-electron chi connectivity index (χ4n) is 3.42. The number of nitrogens with zero attached hydrogens (tertiary/aromatic N) is 2. The van der Waals surface area contributed by atoms with E-state index in [0.717, 1.165) is 16.7 Å². The highest BCUT2D eigenvalue weighted by atomic mass is 16.5. The van der Waals surface area contributed by atoms with Gasteiger partial charge in [0.15, 0.2) is 11.5 Å². The van der Waals surface area contributed by atoms with Crippen molar-refractivity contribution in [3.8, 4) is 23.0 Å². The fourth-order valence-corrected chi connectivity index (χ4v) is 3.42. The molecule has 33 heavy (non-hydrogen) atoms. The first kappa shape index (κ1) is 23.6. The van der Waals surface area contributed by atoms with Crippen LogP contribution in [-0.4, -0.2) is 52.0 Å². The Kier molecular flexibility index (Phi) is 7.50. The highest BCUT2D eigenvalue weighted by molar-refractivity contribution is 5.97. The van der Waals surface area contributed by atoms with Crippen LogP contribution in [0.3, 0.4) is 0 Å². The van der Waals surface area contributed by atoms with Gasteiger partial charge in [0.1, 0.15) is 5.75 Å². The first-order valence-electron chi connectivity index (χ1n) is 10.0. The number of carboxylic acid groups (broad SMARTS) is 1. The smallest absolute Gasteiger partial charge is 0.303 e. The molecule has 2 aromatic rings. The molecule has 10 nitrogen and oxygen atoms in total. The number of nitrogens with one attached hydrogen (secondary N) is 1. The number of hydrogen-bond donors (Lipinski definition) is 2. The Hall–Kier alpha value is -4.08. The van der Waals surface area contributed by atoms with Gasteiger partial charge in [-0.15, -0.1) is 0 Å². The van der Waals surface area contributed by atoms with E-state index >= 15 is 0 Å². The molecule has 1 heterocycles. The molecule has 0 saturated carbocycles. The Morgan fingerprint density at radius 1 is 0.909 bits per heavy atom. The van der Waals surface area contributed by atoms with Gasteiger partial charge in [0.25, 0.3) is 0 Å². The minimum absolute atomic E-state index is 0.146. The van der Waals surface area contributed by atoms with Gasteiger partial charge in [0.05, 0.1) is 52.8 Å². The van der Waals surface area contributed by atoms with E-state index in [9.17, 15) is 9.59 Å². The third-order valence-electron chi connectivity index (χ3n) is 5.01. The molecule has 0 radical (unpaired) electrons. The third-order valence-corrected chi connectivity index (χ3v) is 5.01. The van der Waals surface area contributed by atoms with E-state index in [1.165, 1.54) is 28.4 Å². The molecule has 174 valence electrons. The number of azo groups is 1. The standard InChI is InChI=1S/C23H25N3O7/c1-30-17-6-5-13(9-16(17)25-20(27)7-8-21(28)29)15-12-24-26-22(15)14-10-18(31-2)23(33-4)19(11-14)32-3/h5-6,9-11H,7-8,12H2,1-4H3,(H,25,27)(H,28,29). The van der Waals surface area contributed by atoms with Crippen molar-refractivity contribution in [2.24, 2.45) is 10.2 Å². The number of carbonyl (C=O) groups excluding carboxylic acids is 1. The SMILES string of the molecule is COc1ccc(C2=C(c3cc(OC)c(OC)c(OC)c3)N=NC2)cc1NC(=O)CCC(=O)O. The average molecular weight is 455 g/mol. The van der Waals surface area contributed by atoms with Crippen LogP contribution < -0.4 is 24.3 Å². The van der Waals surface area contributed by atoms with E-state index in [4.69, 9.17) is 24.1 Å². The van der Waals surface area contributed by atoms with Gasteiger partial charge < -0.3 is 29.4 Å². The number of carbonyl (C=O) groups is 2. The molecule has 1 aliphatic heterocycles. The predicted octanol–water partition coefficient (Wildman–Crippen LogP) is 3.86. The van der Waals surface area contributed by atoms with Gasteiger partial charge in [-0.2, -0.15) is 10.2 Å². The molecule has 0 atom stereocenters. The number of anilines is 1. The lowest BCUT2D eigenvalue weighted by molar-refractivity contribution is -0.138. The maximum Gasteiger partial charge on any atom is 0.303 e. The summed E-state index contributed by atoms with van der Waals surface area (Å²) in [6.45, 7) is 0.338. The average Bonchev–Trinajstić information content (AvgIpc) is 3.31. The Bertz CT molecular complexity index is 1100. The number of methoxy groups -OCH3 is 4. The molecule has 0 saturated heterocycles. The van der Waals surface area contributed by atoms with Gasteiger partial charge in [-0.1, -0.05) is 6.07 Å². The van der Waals surface area contributed by atoms with Crippen LogP contribution in [0.4, 0.5) is 5.69 Å². The number of amides is 1. The molecule has 1 amide bonds. The molecule has 0 spiro atoms. The summed E-state index contributed by atoms with van der Waals surface area (Å²) in [6, 6.07) is 8.90. The van der Waals surface area contributed by atoms with Gasteiger partial charge in [0.2, 0.25) is 11.7 Å². The van der Waals surface area contributed by atoms with Gasteiger partial charge in [0, 0.05) is 17.6 Å². The summed E-state index contributed by atoms with van der Waals surface area (Å²) in [6.07, 6.45) is -0.408. The van der Waals surface area contributed by atoms with E-state index < -0.39 is 11.9 Å². The zero-order chi connectivity index (χ0) is 24.0. The zero-order valence-corrected chi connectivity index (χ0v) is 18.8. The van der Waals surface area contributed by atoms with Crippen molar-refractivity contribution >= 4 is 28.8 Å². The molecule has 0 aromatic heterocycles. The molecule has 10 heteroatoms. The lowest BCUT2D eigenvalue weighted by atomic mass is 9.99. The number of ether oxygens (including phenoxy) is 4. The Balaban J connectivity index is 2.02. The van der Waals surface area contributed by atoms with E-state index in [1.54, 1.807) is 24.3 Å². The number of rotatable bonds is 10. The summed E-state index contributed by atoms with van der Waals surface area (Å²) in [5.74, 6) is 0.428. The lowest BCUT2D eigenvalue weighted by Crippen LogP contribution is -2.14. The van der Waals surface area contributed by atoms with Crippen LogP contribution in [0.1, 0.15) is 24.0 Å². The molecule has 3 rings (SSSR count). The number of aliphatic carboxylic acids is 1. The monoisotopic (exact) mass is 455 g/mol. The minimum Gasteiger partial charge on any atom is -0.495 e. The van der Waals surface area contributed by atoms with Crippen LogP contribution in [0.2, 0.25) is 0 Å². The molecule has 0 fully saturated rings. The zero-order valence-electron chi connectivity index (χ0n) is 18.8. The van der Waals surface area contributed by atoms with E-state index in [2.05, 4.69) is 15.5 Å². The Morgan fingerprint density at radius 3 is 2.15 bits per heavy atom. The van der Waals surface area contributed by atoms with Crippen molar-refractivity contribution in [2.45, 2.75) is 12.8 Å². The molecule has 2 aromatic carbocycles. The van der Waals surface area contributed by atoms with Crippen LogP contribution in [0.15, 0.2) is 40.6 Å². The van der Waals surface area contributed by atoms with E-state index in [1.807, 2.05) is 6.07 Å². The van der Waals surface area contributed by atoms with Crippen molar-refractivity contribution < 1.29 is 33.6 Å². The highest BCUT2D eigenvalue weighted by Crippen LogP contribution is 2.43. The molecule has 0 unspecified atom stereocenters. The van der Waals surface area contributed by atoms with Crippen LogP contribution in [0, 0.1) is 0 Å². The van der Waals surface area contributed by atoms with E-state index in [-0.39, 0.29) is 12.8 Å². The lowest BCUT2D eigenvalue weighted by Gasteiger charge is -2.15. The summed E-state index contributed by atoms with van der Waals surface area (Å²) in [5.41, 5.74) is 3.38. The summed E-state index contributed by atoms with van der Waals surface area (Å²) in [5, 5.41) is 20.0. The number of benzene rings is 2. The Morgan fingerprint density at radius 2 is 1.58 bits per heavy atom.